The number of amides is 1. The van der Waals surface area contributed by atoms with Gasteiger partial charge in [-0.25, -0.2) is 0 Å². The van der Waals surface area contributed by atoms with Crippen LogP contribution in [0.1, 0.15) is 44.9 Å². The van der Waals surface area contributed by atoms with Gasteiger partial charge in [0.05, 0.1) is 6.26 Å². The van der Waals surface area contributed by atoms with Crippen molar-refractivity contribution in [1.82, 2.24) is 15.0 Å². The van der Waals surface area contributed by atoms with Crippen LogP contribution in [0.15, 0.2) is 27.3 Å². The lowest BCUT2D eigenvalue weighted by atomic mass is 9.85. The van der Waals surface area contributed by atoms with Crippen LogP contribution in [0.3, 0.4) is 0 Å². The lowest BCUT2D eigenvalue weighted by molar-refractivity contribution is -0.133. The summed E-state index contributed by atoms with van der Waals surface area (Å²) in [4.78, 5) is 18.6. The van der Waals surface area contributed by atoms with Crippen molar-refractivity contribution in [3.63, 3.8) is 0 Å². The Morgan fingerprint density at radius 2 is 2.22 bits per heavy atom. The number of hydrogen-bond donors (Lipinski definition) is 0. The van der Waals surface area contributed by atoms with Gasteiger partial charge in [-0.3, -0.25) is 4.79 Å². The second-order valence-corrected chi connectivity index (χ2v) is 6.32. The third-order valence-corrected chi connectivity index (χ3v) is 4.72. The van der Waals surface area contributed by atoms with Crippen molar-refractivity contribution in [3.8, 4) is 11.6 Å². The molecule has 0 aliphatic heterocycles. The van der Waals surface area contributed by atoms with E-state index >= 15 is 0 Å². The molecule has 6 heteroatoms. The number of hydrogen-bond acceptors (Lipinski definition) is 5. The Morgan fingerprint density at radius 1 is 1.39 bits per heavy atom. The van der Waals surface area contributed by atoms with Crippen LogP contribution in [-0.2, 0) is 11.2 Å². The highest BCUT2D eigenvalue weighted by atomic mass is 16.5. The van der Waals surface area contributed by atoms with E-state index in [-0.39, 0.29) is 5.91 Å². The van der Waals surface area contributed by atoms with Crippen molar-refractivity contribution in [2.45, 2.75) is 51.5 Å². The quantitative estimate of drug-likeness (QED) is 0.846. The zero-order valence-corrected chi connectivity index (χ0v) is 13.7. The molecule has 2 atom stereocenters. The van der Waals surface area contributed by atoms with Gasteiger partial charge in [0.25, 0.3) is 0 Å². The Hall–Kier alpha value is -2.11. The van der Waals surface area contributed by atoms with E-state index in [1.807, 2.05) is 11.9 Å². The number of nitrogens with zero attached hydrogens (tertiary/aromatic N) is 3. The first-order chi connectivity index (χ1) is 11.1. The van der Waals surface area contributed by atoms with Crippen LogP contribution in [0.25, 0.3) is 11.6 Å². The first-order valence-corrected chi connectivity index (χ1v) is 8.27. The summed E-state index contributed by atoms with van der Waals surface area (Å²) < 4.78 is 10.4. The standard InChI is InChI=1S/C17H23N3O3/c1-12-6-3-4-7-13(12)20(2)16(21)10-9-15-18-17(19-23-15)14-8-5-11-22-14/h5,8,11-13H,3-4,6-7,9-10H2,1-2H3. The second-order valence-electron chi connectivity index (χ2n) is 6.32. The summed E-state index contributed by atoms with van der Waals surface area (Å²) in [5, 5.41) is 3.88. The van der Waals surface area contributed by atoms with Crippen LogP contribution in [0, 0.1) is 5.92 Å². The molecular formula is C17H23N3O3. The molecule has 2 aromatic rings. The van der Waals surface area contributed by atoms with Crippen molar-refractivity contribution in [2.75, 3.05) is 7.05 Å². The lowest BCUT2D eigenvalue weighted by Crippen LogP contribution is -2.42. The molecule has 1 saturated carbocycles. The van der Waals surface area contributed by atoms with E-state index in [9.17, 15) is 4.79 Å². The number of aromatic nitrogens is 2. The van der Waals surface area contributed by atoms with Gasteiger partial charge in [-0.15, -0.1) is 0 Å². The van der Waals surface area contributed by atoms with E-state index in [0.717, 1.165) is 6.42 Å². The maximum Gasteiger partial charge on any atom is 0.238 e. The molecule has 6 nitrogen and oxygen atoms in total. The molecule has 23 heavy (non-hydrogen) atoms. The Balaban J connectivity index is 1.54. The monoisotopic (exact) mass is 317 g/mol. The summed E-state index contributed by atoms with van der Waals surface area (Å²) in [6.07, 6.45) is 7.21. The van der Waals surface area contributed by atoms with Gasteiger partial charge in [-0.2, -0.15) is 4.98 Å². The Morgan fingerprint density at radius 3 is 2.96 bits per heavy atom. The molecule has 1 aliphatic rings. The Bertz CT molecular complexity index is 635. The predicted molar refractivity (Wildman–Crippen MR) is 84.5 cm³/mol. The van der Waals surface area contributed by atoms with Gasteiger partial charge in [-0.05, 0) is 30.9 Å². The molecule has 0 spiro atoms. The van der Waals surface area contributed by atoms with Gasteiger partial charge >= 0.3 is 0 Å². The van der Waals surface area contributed by atoms with Crippen LogP contribution in [0.2, 0.25) is 0 Å². The Kier molecular flexibility index (Phi) is 4.79. The summed E-state index contributed by atoms with van der Waals surface area (Å²) >= 11 is 0. The fourth-order valence-electron chi connectivity index (χ4n) is 3.31. The SMILES string of the molecule is CC1CCCCC1N(C)C(=O)CCc1nc(-c2ccco2)no1. The van der Waals surface area contributed by atoms with E-state index in [0.29, 0.717) is 42.3 Å². The molecule has 2 heterocycles. The van der Waals surface area contributed by atoms with Gasteiger partial charge in [-0.1, -0.05) is 24.9 Å². The fraction of sp³-hybridized carbons (Fsp3) is 0.588. The topological polar surface area (TPSA) is 72.4 Å². The van der Waals surface area contributed by atoms with Crippen LogP contribution in [0.5, 0.6) is 0 Å². The maximum atomic E-state index is 12.4. The maximum absolute atomic E-state index is 12.4. The van der Waals surface area contributed by atoms with Crippen LogP contribution in [0.4, 0.5) is 0 Å². The molecule has 0 radical (unpaired) electrons. The van der Waals surface area contributed by atoms with Crippen LogP contribution in [-0.4, -0.2) is 34.0 Å². The minimum Gasteiger partial charge on any atom is -0.461 e. The molecule has 1 amide bonds. The number of aryl methyl sites for hydroxylation is 1. The first kappa shape index (κ1) is 15.8. The number of furan rings is 1. The average Bonchev–Trinajstić information content (AvgIpc) is 3.23. The first-order valence-electron chi connectivity index (χ1n) is 8.27. The van der Waals surface area contributed by atoms with Gasteiger partial charge < -0.3 is 13.8 Å². The van der Waals surface area contributed by atoms with Crippen molar-refractivity contribution in [3.05, 3.63) is 24.3 Å². The summed E-state index contributed by atoms with van der Waals surface area (Å²) in [6.45, 7) is 2.24. The third-order valence-electron chi connectivity index (χ3n) is 4.72. The number of carbonyl (C=O) groups excluding carboxylic acids is 1. The van der Waals surface area contributed by atoms with Gasteiger partial charge in [0.15, 0.2) is 5.76 Å². The summed E-state index contributed by atoms with van der Waals surface area (Å²) in [7, 11) is 1.91. The summed E-state index contributed by atoms with van der Waals surface area (Å²) in [5.41, 5.74) is 0. The zero-order chi connectivity index (χ0) is 16.2. The van der Waals surface area contributed by atoms with Crippen LogP contribution >= 0.6 is 0 Å². The van der Waals surface area contributed by atoms with Gasteiger partial charge in [0.1, 0.15) is 0 Å². The molecule has 0 bridgehead atoms. The number of carbonyl (C=O) groups is 1. The fourth-order valence-corrected chi connectivity index (χ4v) is 3.31. The molecule has 0 aromatic carbocycles. The van der Waals surface area contributed by atoms with E-state index in [4.69, 9.17) is 8.94 Å². The van der Waals surface area contributed by atoms with E-state index in [1.165, 1.54) is 19.3 Å². The third kappa shape index (κ3) is 3.63. The second kappa shape index (κ2) is 6.98. The largest absolute Gasteiger partial charge is 0.461 e. The highest BCUT2D eigenvalue weighted by molar-refractivity contribution is 5.76. The molecular weight excluding hydrogens is 294 g/mol. The minimum atomic E-state index is 0.140. The molecule has 1 aliphatic carbocycles. The number of rotatable bonds is 5. The molecule has 0 saturated heterocycles. The lowest BCUT2D eigenvalue weighted by Gasteiger charge is -2.36. The van der Waals surface area contributed by atoms with E-state index in [1.54, 1.807) is 18.4 Å². The van der Waals surface area contributed by atoms with Crippen molar-refractivity contribution >= 4 is 5.91 Å². The highest BCUT2D eigenvalue weighted by Crippen LogP contribution is 2.27. The van der Waals surface area contributed by atoms with Crippen molar-refractivity contribution in [1.29, 1.82) is 0 Å². The molecule has 124 valence electrons. The van der Waals surface area contributed by atoms with E-state index in [2.05, 4.69) is 17.1 Å². The predicted octanol–water partition coefficient (Wildman–Crippen LogP) is 3.30. The molecule has 2 aromatic heterocycles. The van der Waals surface area contributed by atoms with E-state index < -0.39 is 0 Å². The molecule has 3 rings (SSSR count). The van der Waals surface area contributed by atoms with Gasteiger partial charge in [0, 0.05) is 25.9 Å². The Labute approximate surface area is 135 Å². The molecule has 0 N–H and O–H groups in total. The molecule has 2 unspecified atom stereocenters. The zero-order valence-electron chi connectivity index (χ0n) is 13.7. The van der Waals surface area contributed by atoms with Crippen LogP contribution < -0.4 is 0 Å². The smallest absolute Gasteiger partial charge is 0.238 e. The highest BCUT2D eigenvalue weighted by Gasteiger charge is 2.27. The minimum absolute atomic E-state index is 0.140. The van der Waals surface area contributed by atoms with Crippen molar-refractivity contribution < 1.29 is 13.7 Å². The summed E-state index contributed by atoms with van der Waals surface area (Å²) in [6, 6.07) is 3.91. The molecule has 1 fully saturated rings. The van der Waals surface area contributed by atoms with Gasteiger partial charge in [0.2, 0.25) is 17.6 Å². The summed E-state index contributed by atoms with van der Waals surface area (Å²) in [5.74, 6) is 2.18. The average molecular weight is 317 g/mol. The normalized spacial score (nSPS) is 21.3. The van der Waals surface area contributed by atoms with Crippen molar-refractivity contribution in [2.24, 2.45) is 5.92 Å².